The van der Waals surface area contributed by atoms with Crippen molar-refractivity contribution in [1.82, 2.24) is 14.3 Å². The van der Waals surface area contributed by atoms with E-state index in [0.717, 1.165) is 92.2 Å². The molecular formula is C31H36N6O2. The highest BCUT2D eigenvalue weighted by Crippen LogP contribution is 2.38. The molecule has 0 bridgehead atoms. The number of ether oxygens (including phenoxy) is 1. The number of benzene rings is 2. The maximum absolute atomic E-state index is 11.9. The van der Waals surface area contributed by atoms with Crippen LogP contribution >= 0.6 is 0 Å². The summed E-state index contributed by atoms with van der Waals surface area (Å²) in [5, 5.41) is 10.3. The van der Waals surface area contributed by atoms with Crippen molar-refractivity contribution in [2.75, 3.05) is 38.2 Å². The second-order valence-corrected chi connectivity index (χ2v) is 10.3. The van der Waals surface area contributed by atoms with Crippen LogP contribution in [0, 0.1) is 17.2 Å². The van der Waals surface area contributed by atoms with E-state index in [-0.39, 0.29) is 19.3 Å². The quantitative estimate of drug-likeness (QED) is 0.404. The number of methoxy groups -OCH3 is 1. The predicted octanol–water partition coefficient (Wildman–Crippen LogP) is 4.31. The summed E-state index contributed by atoms with van der Waals surface area (Å²) in [5.41, 5.74) is 12.5. The number of nitrogens with zero attached hydrogens (tertiary/aromatic N) is 5. The van der Waals surface area contributed by atoms with Gasteiger partial charge in [-0.05, 0) is 61.1 Å². The Morgan fingerprint density at radius 2 is 1.85 bits per heavy atom. The Bertz CT molecular complexity index is 1540. The minimum Gasteiger partial charge on any atom is -0.497 e. The molecule has 6 rings (SSSR count). The molecule has 0 spiro atoms. The molecule has 0 atom stereocenters. The standard InChI is InChI=1S/C30H32N6O2.CH4/c1-38-22-8-6-20(7-9-22)10-14-34-15-13-23-24(18-31)29-33-26-4-2-3-5-27(26)36(29)30(25(23)19-34)35-16-11-21(12-17-35)28(32)37;/h2-9,21H,10-17,19H2,1H3,(H2,32,37);1H4. The molecule has 0 saturated carbocycles. The molecule has 4 heterocycles. The van der Waals surface area contributed by atoms with Crippen molar-refractivity contribution in [1.29, 1.82) is 5.26 Å². The van der Waals surface area contributed by atoms with Crippen LogP contribution in [-0.4, -0.2) is 53.5 Å². The number of piperidine rings is 1. The molecule has 2 aliphatic heterocycles. The topological polar surface area (TPSA) is 99.9 Å². The third kappa shape index (κ3) is 4.79. The van der Waals surface area contributed by atoms with E-state index in [1.165, 1.54) is 11.1 Å². The summed E-state index contributed by atoms with van der Waals surface area (Å²) in [4.78, 5) is 21.7. The predicted molar refractivity (Wildman–Crippen MR) is 154 cm³/mol. The monoisotopic (exact) mass is 524 g/mol. The van der Waals surface area contributed by atoms with Crippen LogP contribution < -0.4 is 15.4 Å². The third-order valence-electron chi connectivity index (χ3n) is 8.18. The Labute approximate surface area is 229 Å². The Morgan fingerprint density at radius 3 is 2.54 bits per heavy atom. The van der Waals surface area contributed by atoms with Gasteiger partial charge < -0.3 is 15.4 Å². The summed E-state index contributed by atoms with van der Waals surface area (Å²) in [6.45, 7) is 4.10. The first-order chi connectivity index (χ1) is 18.6. The minimum absolute atomic E-state index is 0. The fourth-order valence-corrected chi connectivity index (χ4v) is 6.07. The SMILES string of the molecule is C.COc1ccc(CCN2CCc3c(c(N4CCC(C(N)=O)CC4)n4c(nc5ccccc54)c3C#N)C2)cc1. The van der Waals surface area contributed by atoms with Crippen LogP contribution in [0.1, 0.15) is 42.5 Å². The van der Waals surface area contributed by atoms with E-state index in [1.54, 1.807) is 7.11 Å². The van der Waals surface area contributed by atoms with Crippen LogP contribution in [0.5, 0.6) is 5.75 Å². The Morgan fingerprint density at radius 1 is 1.10 bits per heavy atom. The zero-order chi connectivity index (χ0) is 26.2. The van der Waals surface area contributed by atoms with Gasteiger partial charge in [0.05, 0.1) is 23.7 Å². The number of pyridine rings is 1. The van der Waals surface area contributed by atoms with Gasteiger partial charge in [0.2, 0.25) is 5.91 Å². The number of fused-ring (bicyclic) bond motifs is 4. The minimum atomic E-state index is -0.213. The van der Waals surface area contributed by atoms with Crippen LogP contribution in [0.2, 0.25) is 0 Å². The van der Waals surface area contributed by atoms with Crippen molar-refractivity contribution in [3.05, 3.63) is 70.8 Å². The van der Waals surface area contributed by atoms with Crippen LogP contribution in [0.4, 0.5) is 5.82 Å². The number of rotatable bonds is 6. The lowest BCUT2D eigenvalue weighted by Crippen LogP contribution is -2.41. The first kappa shape index (κ1) is 26.5. The molecule has 1 fully saturated rings. The summed E-state index contributed by atoms with van der Waals surface area (Å²) in [6.07, 6.45) is 3.23. The highest BCUT2D eigenvalue weighted by Gasteiger charge is 2.32. The first-order valence-electron chi connectivity index (χ1n) is 13.3. The van der Waals surface area contributed by atoms with E-state index in [9.17, 15) is 10.1 Å². The van der Waals surface area contributed by atoms with Crippen LogP contribution in [0.15, 0.2) is 48.5 Å². The third-order valence-corrected chi connectivity index (χ3v) is 8.18. The van der Waals surface area contributed by atoms with Gasteiger partial charge in [0.25, 0.3) is 0 Å². The Balaban J connectivity index is 0.00000308. The number of nitrogens with two attached hydrogens (primary N) is 1. The molecular weight excluding hydrogens is 488 g/mol. The van der Waals surface area contributed by atoms with E-state index < -0.39 is 0 Å². The molecule has 0 aliphatic carbocycles. The van der Waals surface area contributed by atoms with Gasteiger partial charge in [-0.2, -0.15) is 5.26 Å². The summed E-state index contributed by atoms with van der Waals surface area (Å²) < 4.78 is 7.48. The second kappa shape index (κ2) is 11.0. The summed E-state index contributed by atoms with van der Waals surface area (Å²) in [5.74, 6) is 1.68. The number of anilines is 1. The number of hydrogen-bond donors (Lipinski definition) is 1. The lowest BCUT2D eigenvalue weighted by molar-refractivity contribution is -0.122. The molecule has 0 unspecified atom stereocenters. The van der Waals surface area contributed by atoms with Crippen molar-refractivity contribution < 1.29 is 9.53 Å². The van der Waals surface area contributed by atoms with Gasteiger partial charge in [-0.25, -0.2) is 4.98 Å². The molecule has 2 aromatic heterocycles. The zero-order valence-corrected chi connectivity index (χ0v) is 21.7. The molecule has 8 heteroatoms. The van der Waals surface area contributed by atoms with E-state index in [0.29, 0.717) is 5.56 Å². The van der Waals surface area contributed by atoms with Gasteiger partial charge in [0.1, 0.15) is 17.6 Å². The van der Waals surface area contributed by atoms with Crippen molar-refractivity contribution in [3.8, 4) is 11.8 Å². The van der Waals surface area contributed by atoms with E-state index >= 15 is 0 Å². The summed E-state index contributed by atoms with van der Waals surface area (Å²) in [7, 11) is 1.68. The highest BCUT2D eigenvalue weighted by molar-refractivity contribution is 5.86. The molecule has 8 nitrogen and oxygen atoms in total. The van der Waals surface area contributed by atoms with Crippen molar-refractivity contribution in [2.45, 2.75) is 39.7 Å². The molecule has 1 saturated heterocycles. The molecule has 0 radical (unpaired) electrons. The van der Waals surface area contributed by atoms with E-state index in [4.69, 9.17) is 15.5 Å². The Kier molecular flexibility index (Phi) is 7.45. The number of para-hydroxylation sites is 2. The van der Waals surface area contributed by atoms with Gasteiger partial charge in [-0.15, -0.1) is 0 Å². The number of amides is 1. The number of primary amides is 1. The highest BCUT2D eigenvalue weighted by atomic mass is 16.5. The molecule has 1 amide bonds. The molecule has 2 aromatic carbocycles. The van der Waals surface area contributed by atoms with Gasteiger partial charge >= 0.3 is 0 Å². The first-order valence-corrected chi connectivity index (χ1v) is 13.3. The number of carbonyl (C=O) groups excluding carboxylic acids is 1. The molecule has 202 valence electrons. The van der Waals surface area contributed by atoms with Crippen LogP contribution in [0.3, 0.4) is 0 Å². The Hall–Kier alpha value is -4.09. The largest absolute Gasteiger partial charge is 0.497 e. The average molecular weight is 525 g/mol. The fraction of sp³-hybridized carbons (Fsp3) is 0.387. The van der Waals surface area contributed by atoms with E-state index in [1.807, 2.05) is 30.3 Å². The summed E-state index contributed by atoms with van der Waals surface area (Å²) >= 11 is 0. The molecule has 39 heavy (non-hydrogen) atoms. The van der Waals surface area contributed by atoms with E-state index in [2.05, 4.69) is 38.5 Å². The number of nitriles is 1. The number of hydrogen-bond acceptors (Lipinski definition) is 6. The lowest BCUT2D eigenvalue weighted by Gasteiger charge is -2.38. The van der Waals surface area contributed by atoms with Crippen molar-refractivity contribution in [2.24, 2.45) is 11.7 Å². The molecule has 2 aliphatic rings. The van der Waals surface area contributed by atoms with Crippen molar-refractivity contribution >= 4 is 28.4 Å². The molecule has 4 aromatic rings. The number of imidazole rings is 1. The van der Waals surface area contributed by atoms with Gasteiger partial charge in [0.15, 0.2) is 5.65 Å². The normalized spacial score (nSPS) is 16.1. The van der Waals surface area contributed by atoms with Crippen LogP contribution in [-0.2, 0) is 24.2 Å². The van der Waals surface area contributed by atoms with Gasteiger partial charge in [-0.3, -0.25) is 14.1 Å². The fourth-order valence-electron chi connectivity index (χ4n) is 6.07. The maximum atomic E-state index is 11.9. The maximum Gasteiger partial charge on any atom is 0.220 e. The van der Waals surface area contributed by atoms with Gasteiger partial charge in [-0.1, -0.05) is 31.7 Å². The second-order valence-electron chi connectivity index (χ2n) is 10.3. The lowest BCUT2D eigenvalue weighted by atomic mass is 9.92. The average Bonchev–Trinajstić information content (AvgIpc) is 3.34. The summed E-state index contributed by atoms with van der Waals surface area (Å²) in [6, 6.07) is 18.9. The smallest absolute Gasteiger partial charge is 0.220 e. The zero-order valence-electron chi connectivity index (χ0n) is 21.7. The van der Waals surface area contributed by atoms with Crippen LogP contribution in [0.25, 0.3) is 16.7 Å². The molecule has 2 N–H and O–H groups in total. The van der Waals surface area contributed by atoms with Crippen molar-refractivity contribution in [3.63, 3.8) is 0 Å². The number of carbonyl (C=O) groups is 1. The number of aromatic nitrogens is 2. The van der Waals surface area contributed by atoms with Gasteiger partial charge in [0, 0.05) is 44.2 Å².